The SMILES string of the molecule is Cc1c(C)c2c(c(C)c1O)CCC(C)(CN[C@@H](C)c1ccccc1O)O2. The molecule has 0 amide bonds. The fourth-order valence-electron chi connectivity index (χ4n) is 3.75. The van der Waals surface area contributed by atoms with Crippen LogP contribution in [0.5, 0.6) is 17.2 Å². The zero-order chi connectivity index (χ0) is 19.1. The molecule has 3 rings (SSSR count). The summed E-state index contributed by atoms with van der Waals surface area (Å²) in [4.78, 5) is 0. The summed E-state index contributed by atoms with van der Waals surface area (Å²) in [6.45, 7) is 10.8. The second-order valence-corrected chi connectivity index (χ2v) is 7.74. The van der Waals surface area contributed by atoms with Crippen LogP contribution in [0.15, 0.2) is 24.3 Å². The molecule has 4 heteroatoms. The van der Waals surface area contributed by atoms with Gasteiger partial charge in [0.05, 0.1) is 0 Å². The maximum Gasteiger partial charge on any atom is 0.127 e. The minimum atomic E-state index is -0.327. The van der Waals surface area contributed by atoms with Gasteiger partial charge >= 0.3 is 0 Å². The second kappa shape index (κ2) is 6.84. The Labute approximate surface area is 155 Å². The fourth-order valence-corrected chi connectivity index (χ4v) is 3.75. The van der Waals surface area contributed by atoms with E-state index in [0.717, 1.165) is 46.4 Å². The second-order valence-electron chi connectivity index (χ2n) is 7.74. The molecule has 26 heavy (non-hydrogen) atoms. The van der Waals surface area contributed by atoms with Gasteiger partial charge in [-0.2, -0.15) is 0 Å². The van der Waals surface area contributed by atoms with Crippen LogP contribution < -0.4 is 10.1 Å². The van der Waals surface area contributed by atoms with E-state index in [4.69, 9.17) is 4.74 Å². The highest BCUT2D eigenvalue weighted by Gasteiger charge is 2.34. The van der Waals surface area contributed by atoms with E-state index in [2.05, 4.69) is 12.2 Å². The molecular formula is C22H29NO3. The number of hydrogen-bond acceptors (Lipinski definition) is 4. The summed E-state index contributed by atoms with van der Waals surface area (Å²) in [6.07, 6.45) is 1.77. The number of aromatic hydroxyl groups is 2. The average Bonchev–Trinajstić information content (AvgIpc) is 2.63. The number of phenolic OH excluding ortho intramolecular Hbond substituents is 2. The van der Waals surface area contributed by atoms with Crippen LogP contribution in [0, 0.1) is 20.8 Å². The normalized spacial score (nSPS) is 20.3. The number of hydrogen-bond donors (Lipinski definition) is 3. The molecule has 0 fully saturated rings. The molecule has 1 aliphatic heterocycles. The lowest BCUT2D eigenvalue weighted by molar-refractivity contribution is 0.0607. The highest BCUT2D eigenvalue weighted by atomic mass is 16.5. The molecular weight excluding hydrogens is 326 g/mol. The van der Waals surface area contributed by atoms with Gasteiger partial charge in [0.25, 0.3) is 0 Å². The van der Waals surface area contributed by atoms with Crippen molar-refractivity contribution in [1.82, 2.24) is 5.32 Å². The van der Waals surface area contributed by atoms with E-state index in [1.807, 2.05) is 45.9 Å². The smallest absolute Gasteiger partial charge is 0.127 e. The van der Waals surface area contributed by atoms with Crippen LogP contribution in [0.3, 0.4) is 0 Å². The molecule has 0 radical (unpaired) electrons. The van der Waals surface area contributed by atoms with Crippen molar-refractivity contribution in [3.63, 3.8) is 0 Å². The highest BCUT2D eigenvalue weighted by Crippen LogP contribution is 2.43. The number of phenols is 2. The van der Waals surface area contributed by atoms with E-state index in [1.54, 1.807) is 6.07 Å². The molecule has 1 unspecified atom stereocenters. The molecule has 1 heterocycles. The summed E-state index contributed by atoms with van der Waals surface area (Å²) in [5, 5.41) is 23.9. The number of ether oxygens (including phenoxy) is 1. The van der Waals surface area contributed by atoms with E-state index < -0.39 is 0 Å². The Morgan fingerprint density at radius 2 is 1.81 bits per heavy atom. The number of rotatable bonds is 4. The molecule has 2 aromatic carbocycles. The van der Waals surface area contributed by atoms with E-state index >= 15 is 0 Å². The van der Waals surface area contributed by atoms with Crippen LogP contribution in [0.4, 0.5) is 0 Å². The average molecular weight is 355 g/mol. The van der Waals surface area contributed by atoms with Gasteiger partial charge in [-0.15, -0.1) is 0 Å². The summed E-state index contributed by atoms with van der Waals surface area (Å²) in [5.41, 5.74) is 4.52. The van der Waals surface area contributed by atoms with Crippen LogP contribution in [0.1, 0.15) is 54.1 Å². The number of fused-ring (bicyclic) bond motifs is 1. The monoisotopic (exact) mass is 355 g/mol. The molecule has 0 aliphatic carbocycles. The van der Waals surface area contributed by atoms with Gasteiger partial charge in [-0.3, -0.25) is 0 Å². The quantitative estimate of drug-likeness (QED) is 0.758. The zero-order valence-electron chi connectivity index (χ0n) is 16.3. The van der Waals surface area contributed by atoms with Gasteiger partial charge in [0.15, 0.2) is 0 Å². The topological polar surface area (TPSA) is 61.7 Å². The highest BCUT2D eigenvalue weighted by molar-refractivity contribution is 5.58. The minimum Gasteiger partial charge on any atom is -0.508 e. The molecule has 0 spiro atoms. The summed E-state index contributed by atoms with van der Waals surface area (Å²) < 4.78 is 6.45. The zero-order valence-corrected chi connectivity index (χ0v) is 16.3. The van der Waals surface area contributed by atoms with Gasteiger partial charge in [-0.25, -0.2) is 0 Å². The molecule has 2 atom stereocenters. The summed E-state index contributed by atoms with van der Waals surface area (Å²) >= 11 is 0. The van der Waals surface area contributed by atoms with E-state index in [9.17, 15) is 10.2 Å². The van der Waals surface area contributed by atoms with Gasteiger partial charge in [0.1, 0.15) is 22.8 Å². The first-order valence-electron chi connectivity index (χ1n) is 9.25. The van der Waals surface area contributed by atoms with Crippen molar-refractivity contribution in [2.24, 2.45) is 0 Å². The van der Waals surface area contributed by atoms with Crippen LogP contribution >= 0.6 is 0 Å². The third-order valence-electron chi connectivity index (χ3n) is 5.78. The lowest BCUT2D eigenvalue weighted by atomic mass is 9.87. The van der Waals surface area contributed by atoms with Crippen molar-refractivity contribution in [2.45, 2.75) is 59.1 Å². The van der Waals surface area contributed by atoms with Crippen molar-refractivity contribution in [1.29, 1.82) is 0 Å². The Balaban J connectivity index is 1.78. The van der Waals surface area contributed by atoms with Gasteiger partial charge < -0.3 is 20.3 Å². The molecule has 2 aromatic rings. The number of nitrogens with one attached hydrogen (secondary N) is 1. The van der Waals surface area contributed by atoms with Crippen molar-refractivity contribution >= 4 is 0 Å². The Hall–Kier alpha value is -2.20. The molecule has 0 saturated heterocycles. The van der Waals surface area contributed by atoms with E-state index in [0.29, 0.717) is 18.0 Å². The van der Waals surface area contributed by atoms with Crippen molar-refractivity contribution in [2.75, 3.05) is 6.54 Å². The lowest BCUT2D eigenvalue weighted by Gasteiger charge is -2.38. The predicted molar refractivity (Wildman–Crippen MR) is 104 cm³/mol. The standard InChI is InChI=1S/C22H29NO3/c1-13-14(2)21-17(15(3)20(13)25)10-11-22(5,26-21)12-23-16(4)18-8-6-7-9-19(18)24/h6-9,16,23-25H,10-12H2,1-5H3/t16-,22?/m0/s1. The molecule has 0 aromatic heterocycles. The van der Waals surface area contributed by atoms with Gasteiger partial charge in [-0.1, -0.05) is 18.2 Å². The summed E-state index contributed by atoms with van der Waals surface area (Å²) in [6, 6.07) is 7.44. The van der Waals surface area contributed by atoms with Crippen LogP contribution in [-0.4, -0.2) is 22.4 Å². The maximum absolute atomic E-state index is 10.3. The fraction of sp³-hybridized carbons (Fsp3) is 0.455. The van der Waals surface area contributed by atoms with Gasteiger partial charge in [-0.05, 0) is 70.2 Å². The molecule has 4 nitrogen and oxygen atoms in total. The van der Waals surface area contributed by atoms with Crippen LogP contribution in [0.2, 0.25) is 0 Å². The van der Waals surface area contributed by atoms with Crippen LogP contribution in [0.25, 0.3) is 0 Å². The molecule has 140 valence electrons. The number of benzene rings is 2. The van der Waals surface area contributed by atoms with Crippen molar-refractivity contribution in [3.8, 4) is 17.2 Å². The Morgan fingerprint density at radius 3 is 2.50 bits per heavy atom. The van der Waals surface area contributed by atoms with Crippen LogP contribution in [-0.2, 0) is 6.42 Å². The summed E-state index contributed by atoms with van der Waals surface area (Å²) in [5.74, 6) is 1.62. The van der Waals surface area contributed by atoms with Crippen molar-refractivity contribution in [3.05, 3.63) is 52.1 Å². The molecule has 1 aliphatic rings. The Bertz CT molecular complexity index is 831. The maximum atomic E-state index is 10.3. The first-order chi connectivity index (χ1) is 12.2. The molecule has 0 bridgehead atoms. The van der Waals surface area contributed by atoms with Crippen molar-refractivity contribution < 1.29 is 14.9 Å². The van der Waals surface area contributed by atoms with E-state index in [1.165, 1.54) is 0 Å². The van der Waals surface area contributed by atoms with Gasteiger partial charge in [0, 0.05) is 23.7 Å². The third-order valence-corrected chi connectivity index (χ3v) is 5.78. The Morgan fingerprint density at radius 1 is 1.12 bits per heavy atom. The summed E-state index contributed by atoms with van der Waals surface area (Å²) in [7, 11) is 0. The lowest BCUT2D eigenvalue weighted by Crippen LogP contribution is -2.46. The van der Waals surface area contributed by atoms with E-state index in [-0.39, 0.29) is 11.6 Å². The Kier molecular flexibility index (Phi) is 4.89. The number of para-hydroxylation sites is 1. The third kappa shape index (κ3) is 3.26. The first-order valence-corrected chi connectivity index (χ1v) is 9.25. The molecule has 0 saturated carbocycles. The largest absolute Gasteiger partial charge is 0.508 e. The first kappa shape index (κ1) is 18.6. The van der Waals surface area contributed by atoms with Gasteiger partial charge in [0.2, 0.25) is 0 Å². The molecule has 3 N–H and O–H groups in total. The predicted octanol–water partition coefficient (Wildman–Crippen LogP) is 4.46. The minimum absolute atomic E-state index is 0.0300.